The molecular weight excluding hydrogens is 354 g/mol. The Bertz CT molecular complexity index is 1080. The molecule has 128 valence electrons. The van der Waals surface area contributed by atoms with Crippen LogP contribution in [0.25, 0.3) is 6.08 Å². The number of carbonyl (C=O) groups is 1. The maximum absolute atomic E-state index is 12.5. The molecule has 0 unspecified atom stereocenters. The van der Waals surface area contributed by atoms with E-state index >= 15 is 0 Å². The van der Waals surface area contributed by atoms with E-state index in [-0.39, 0.29) is 11.4 Å². The molecular formula is C24H14ClNO. The van der Waals surface area contributed by atoms with Crippen LogP contribution in [0.5, 0.6) is 0 Å². The molecule has 0 aliphatic rings. The van der Waals surface area contributed by atoms with E-state index in [9.17, 15) is 10.1 Å². The number of nitriles is 1. The molecule has 0 fully saturated rings. The summed E-state index contributed by atoms with van der Waals surface area (Å²) >= 11 is 5.84. The van der Waals surface area contributed by atoms with Gasteiger partial charge in [-0.2, -0.15) is 5.26 Å². The van der Waals surface area contributed by atoms with E-state index in [0.717, 1.165) is 16.7 Å². The van der Waals surface area contributed by atoms with Gasteiger partial charge in [-0.1, -0.05) is 53.8 Å². The molecule has 0 saturated carbocycles. The first-order valence-corrected chi connectivity index (χ1v) is 8.63. The van der Waals surface area contributed by atoms with Gasteiger partial charge in [0, 0.05) is 21.7 Å². The Hall–Kier alpha value is -3.59. The van der Waals surface area contributed by atoms with Crippen molar-refractivity contribution in [3.8, 4) is 17.9 Å². The highest BCUT2D eigenvalue weighted by molar-refractivity contribution is 6.30. The van der Waals surface area contributed by atoms with Crippen molar-refractivity contribution in [2.75, 3.05) is 0 Å². The molecule has 0 radical (unpaired) electrons. The van der Waals surface area contributed by atoms with Crippen molar-refractivity contribution < 1.29 is 4.79 Å². The second kappa shape index (κ2) is 8.68. The van der Waals surface area contributed by atoms with Gasteiger partial charge in [0.15, 0.2) is 0 Å². The molecule has 2 nitrogen and oxygen atoms in total. The molecule has 0 spiro atoms. The first-order chi connectivity index (χ1) is 13.2. The zero-order valence-electron chi connectivity index (χ0n) is 14.3. The van der Waals surface area contributed by atoms with Crippen LogP contribution in [0.4, 0.5) is 0 Å². The number of benzene rings is 3. The molecule has 0 heterocycles. The fraction of sp³-hybridized carbons (Fsp3) is 0. The lowest BCUT2D eigenvalue weighted by molar-refractivity contribution is 0.104. The summed E-state index contributed by atoms with van der Waals surface area (Å²) < 4.78 is 0. The number of hydrogen-bond acceptors (Lipinski definition) is 2. The van der Waals surface area contributed by atoms with Gasteiger partial charge in [-0.3, -0.25) is 4.79 Å². The van der Waals surface area contributed by atoms with Crippen molar-refractivity contribution in [3.63, 3.8) is 0 Å². The molecule has 3 aromatic carbocycles. The fourth-order valence-electron chi connectivity index (χ4n) is 2.40. The van der Waals surface area contributed by atoms with Gasteiger partial charge in [-0.05, 0) is 60.2 Å². The molecule has 0 aliphatic heterocycles. The van der Waals surface area contributed by atoms with E-state index in [2.05, 4.69) is 11.8 Å². The first-order valence-electron chi connectivity index (χ1n) is 8.25. The van der Waals surface area contributed by atoms with Crippen molar-refractivity contribution in [2.45, 2.75) is 0 Å². The van der Waals surface area contributed by atoms with Gasteiger partial charge < -0.3 is 0 Å². The highest BCUT2D eigenvalue weighted by Crippen LogP contribution is 2.16. The average Bonchev–Trinajstić information content (AvgIpc) is 2.72. The zero-order chi connectivity index (χ0) is 19.1. The summed E-state index contributed by atoms with van der Waals surface area (Å²) in [4.78, 5) is 12.5. The second-order valence-corrected chi connectivity index (χ2v) is 6.18. The largest absolute Gasteiger partial charge is 0.288 e. The molecule has 0 N–H and O–H groups in total. The monoisotopic (exact) mass is 367 g/mol. The van der Waals surface area contributed by atoms with E-state index in [1.54, 1.807) is 30.3 Å². The Morgan fingerprint density at radius 1 is 0.815 bits per heavy atom. The zero-order valence-corrected chi connectivity index (χ0v) is 15.1. The number of carbonyl (C=O) groups excluding carboxylic acids is 1. The number of nitrogens with zero attached hydrogens (tertiary/aromatic N) is 1. The summed E-state index contributed by atoms with van der Waals surface area (Å²) in [6.45, 7) is 0. The van der Waals surface area contributed by atoms with Gasteiger partial charge in [-0.15, -0.1) is 0 Å². The minimum absolute atomic E-state index is 0.0699. The highest BCUT2D eigenvalue weighted by atomic mass is 35.5. The van der Waals surface area contributed by atoms with Crippen molar-refractivity contribution in [3.05, 3.63) is 112 Å². The SMILES string of the molecule is N#C/C(=C/c1ccc(C#Cc2ccccc2)cc1)C(=O)c1ccc(Cl)cc1. The topological polar surface area (TPSA) is 40.9 Å². The van der Waals surface area contributed by atoms with Crippen LogP contribution in [-0.2, 0) is 0 Å². The summed E-state index contributed by atoms with van der Waals surface area (Å²) in [6.07, 6.45) is 1.57. The maximum Gasteiger partial charge on any atom is 0.203 e. The van der Waals surface area contributed by atoms with Crippen molar-refractivity contribution in [1.82, 2.24) is 0 Å². The lowest BCUT2D eigenvalue weighted by atomic mass is 10.0. The highest BCUT2D eigenvalue weighted by Gasteiger charge is 2.11. The maximum atomic E-state index is 12.5. The van der Waals surface area contributed by atoms with Gasteiger partial charge in [0.25, 0.3) is 0 Å². The van der Waals surface area contributed by atoms with E-state index in [1.807, 2.05) is 60.7 Å². The standard InChI is InChI=1S/C24H14ClNO/c25-23-14-12-21(13-15-23)24(27)22(17-26)16-20-10-8-19(9-11-20)7-6-18-4-2-1-3-5-18/h1-5,8-16H/b22-16-. The fourth-order valence-corrected chi connectivity index (χ4v) is 2.53. The Labute approximate surface area is 163 Å². The number of halogens is 1. The first kappa shape index (κ1) is 18.2. The van der Waals surface area contributed by atoms with Crippen LogP contribution in [0.2, 0.25) is 5.02 Å². The Balaban J connectivity index is 1.79. The van der Waals surface area contributed by atoms with Gasteiger partial charge in [-0.25, -0.2) is 0 Å². The van der Waals surface area contributed by atoms with Crippen LogP contribution in [0, 0.1) is 23.2 Å². The van der Waals surface area contributed by atoms with Crippen LogP contribution < -0.4 is 0 Å². The number of Topliss-reactive ketones (excluding diaryl/α,β-unsaturated/α-hetero) is 1. The van der Waals surface area contributed by atoms with E-state index < -0.39 is 0 Å². The Morgan fingerprint density at radius 3 is 2.00 bits per heavy atom. The molecule has 0 atom stereocenters. The molecule has 3 heteroatoms. The smallest absolute Gasteiger partial charge is 0.203 e. The van der Waals surface area contributed by atoms with E-state index in [0.29, 0.717) is 10.6 Å². The van der Waals surface area contributed by atoms with Crippen molar-refractivity contribution in [1.29, 1.82) is 5.26 Å². The van der Waals surface area contributed by atoms with E-state index in [4.69, 9.17) is 11.6 Å². The molecule has 0 bridgehead atoms. The third kappa shape index (κ3) is 4.95. The predicted octanol–water partition coefficient (Wildman–Crippen LogP) is 5.53. The molecule has 3 aromatic rings. The number of allylic oxidation sites excluding steroid dienone is 1. The molecule has 27 heavy (non-hydrogen) atoms. The third-order valence-electron chi connectivity index (χ3n) is 3.82. The number of ketones is 1. The molecule has 0 amide bonds. The normalized spacial score (nSPS) is 10.4. The predicted molar refractivity (Wildman–Crippen MR) is 108 cm³/mol. The van der Waals surface area contributed by atoms with Crippen molar-refractivity contribution >= 4 is 23.5 Å². The van der Waals surface area contributed by atoms with Gasteiger partial charge >= 0.3 is 0 Å². The lowest BCUT2D eigenvalue weighted by Gasteiger charge is -2.00. The summed E-state index contributed by atoms with van der Waals surface area (Å²) in [5, 5.41) is 9.89. The van der Waals surface area contributed by atoms with Crippen LogP contribution in [0.15, 0.2) is 84.4 Å². The van der Waals surface area contributed by atoms with Crippen LogP contribution in [0.1, 0.15) is 27.0 Å². The molecule has 0 saturated heterocycles. The minimum Gasteiger partial charge on any atom is -0.288 e. The van der Waals surface area contributed by atoms with Gasteiger partial charge in [0.2, 0.25) is 5.78 Å². The van der Waals surface area contributed by atoms with Crippen LogP contribution in [-0.4, -0.2) is 5.78 Å². The Kier molecular flexibility index (Phi) is 5.85. The van der Waals surface area contributed by atoms with Crippen LogP contribution >= 0.6 is 11.6 Å². The van der Waals surface area contributed by atoms with Gasteiger partial charge in [0.05, 0.1) is 0 Å². The van der Waals surface area contributed by atoms with Gasteiger partial charge in [0.1, 0.15) is 11.6 Å². The molecule has 3 rings (SSSR count). The molecule has 0 aliphatic carbocycles. The number of hydrogen-bond donors (Lipinski definition) is 0. The number of rotatable bonds is 3. The second-order valence-electron chi connectivity index (χ2n) is 5.74. The van der Waals surface area contributed by atoms with Crippen LogP contribution in [0.3, 0.4) is 0 Å². The Morgan fingerprint density at radius 2 is 1.41 bits per heavy atom. The third-order valence-corrected chi connectivity index (χ3v) is 4.07. The lowest BCUT2D eigenvalue weighted by Crippen LogP contribution is -2.01. The van der Waals surface area contributed by atoms with Crippen molar-refractivity contribution in [2.24, 2.45) is 0 Å². The summed E-state index contributed by atoms with van der Waals surface area (Å²) in [5.41, 5.74) is 3.07. The summed E-state index contributed by atoms with van der Waals surface area (Å²) in [5.74, 6) is 5.86. The quantitative estimate of drug-likeness (QED) is 0.264. The summed E-state index contributed by atoms with van der Waals surface area (Å²) in [6, 6.07) is 25.6. The average molecular weight is 368 g/mol. The summed E-state index contributed by atoms with van der Waals surface area (Å²) in [7, 11) is 0. The van der Waals surface area contributed by atoms with E-state index in [1.165, 1.54) is 0 Å². The minimum atomic E-state index is -0.331. The molecule has 0 aromatic heterocycles.